The molecule has 6 heteroatoms. The van der Waals surface area contributed by atoms with Crippen molar-refractivity contribution in [1.29, 1.82) is 0 Å². The summed E-state index contributed by atoms with van der Waals surface area (Å²) in [5.74, 6) is -0.921. The fourth-order valence-corrected chi connectivity index (χ4v) is 3.95. The zero-order valence-corrected chi connectivity index (χ0v) is 15.3. The van der Waals surface area contributed by atoms with Crippen LogP contribution >= 0.6 is 11.3 Å². The Morgan fingerprint density at radius 3 is 2.65 bits per heavy atom. The molecule has 3 aromatic rings. The summed E-state index contributed by atoms with van der Waals surface area (Å²) in [6, 6.07) is 11.9. The predicted octanol–water partition coefficient (Wildman–Crippen LogP) is 5.03. The van der Waals surface area contributed by atoms with Gasteiger partial charge in [-0.25, -0.2) is 9.18 Å². The lowest BCUT2D eigenvalue weighted by Crippen LogP contribution is -2.10. The summed E-state index contributed by atoms with van der Waals surface area (Å²) in [6.07, 6.45) is 0. The highest BCUT2D eigenvalue weighted by Crippen LogP contribution is 2.34. The van der Waals surface area contributed by atoms with Crippen LogP contribution in [0.25, 0.3) is 10.1 Å². The fraction of sp³-hybridized carbons (Fsp3) is 0.200. The maximum atomic E-state index is 14.4. The van der Waals surface area contributed by atoms with Gasteiger partial charge < -0.3 is 10.1 Å². The molecular formula is C20H18FNO3S. The molecule has 1 heterocycles. The number of carbonyl (C=O) groups is 2. The number of carbonyl (C=O) groups excluding carboxylic acids is 2. The van der Waals surface area contributed by atoms with Gasteiger partial charge in [0.05, 0.1) is 6.61 Å². The normalized spacial score (nSPS) is 10.7. The molecule has 0 saturated heterocycles. The molecule has 1 aromatic heterocycles. The maximum Gasteiger partial charge on any atom is 0.348 e. The number of rotatable bonds is 6. The third-order valence-electron chi connectivity index (χ3n) is 3.99. The van der Waals surface area contributed by atoms with Crippen LogP contribution in [0.1, 0.15) is 39.4 Å². The minimum absolute atomic E-state index is 0.0694. The number of halogens is 1. The van der Waals surface area contributed by atoms with E-state index in [0.717, 1.165) is 0 Å². The molecule has 2 aromatic carbocycles. The number of esters is 1. The quantitative estimate of drug-likeness (QED) is 0.488. The van der Waals surface area contributed by atoms with Crippen molar-refractivity contribution in [2.45, 2.75) is 20.4 Å². The van der Waals surface area contributed by atoms with Crippen LogP contribution in [0.3, 0.4) is 0 Å². The van der Waals surface area contributed by atoms with Gasteiger partial charge in [0.15, 0.2) is 5.78 Å². The Hall–Kier alpha value is -2.73. The number of benzene rings is 2. The highest BCUT2D eigenvalue weighted by atomic mass is 32.1. The first kappa shape index (κ1) is 18.1. The Bertz CT molecular complexity index is 980. The molecule has 0 atom stereocenters. The van der Waals surface area contributed by atoms with Crippen LogP contribution in [0.15, 0.2) is 42.5 Å². The largest absolute Gasteiger partial charge is 0.462 e. The van der Waals surface area contributed by atoms with Gasteiger partial charge in [0.2, 0.25) is 0 Å². The van der Waals surface area contributed by atoms with Gasteiger partial charge in [-0.3, -0.25) is 4.79 Å². The number of fused-ring (bicyclic) bond motifs is 1. The number of anilines is 1. The van der Waals surface area contributed by atoms with E-state index in [9.17, 15) is 14.0 Å². The smallest absolute Gasteiger partial charge is 0.348 e. The van der Waals surface area contributed by atoms with Gasteiger partial charge in [-0.05, 0) is 38.1 Å². The third kappa shape index (κ3) is 3.46. The standard InChI is InChI=1S/C20H18FNO3S/c1-3-25-20(24)19-14(18-15(21)8-6-10-17(18)26-19)11-22-16-9-5-4-7-13(16)12(2)23/h4-10,22H,3,11H2,1-2H3. The fourth-order valence-electron chi connectivity index (χ4n) is 2.83. The predicted molar refractivity (Wildman–Crippen MR) is 102 cm³/mol. The molecule has 0 aliphatic rings. The van der Waals surface area contributed by atoms with E-state index >= 15 is 0 Å². The molecule has 0 radical (unpaired) electrons. The van der Waals surface area contributed by atoms with Crippen LogP contribution in [0.4, 0.5) is 10.1 Å². The second kappa shape index (κ2) is 7.66. The van der Waals surface area contributed by atoms with Gasteiger partial charge in [-0.15, -0.1) is 11.3 Å². The average Bonchev–Trinajstić information content (AvgIpc) is 3.00. The van der Waals surface area contributed by atoms with Gasteiger partial charge in [0.25, 0.3) is 0 Å². The van der Waals surface area contributed by atoms with Crippen LogP contribution in [-0.2, 0) is 11.3 Å². The zero-order chi connectivity index (χ0) is 18.7. The molecule has 1 N–H and O–H groups in total. The van der Waals surface area contributed by atoms with E-state index in [1.165, 1.54) is 24.3 Å². The number of Topliss-reactive ketones (excluding diaryl/α,β-unsaturated/α-hetero) is 1. The molecule has 0 bridgehead atoms. The van der Waals surface area contributed by atoms with Crippen molar-refractivity contribution in [3.63, 3.8) is 0 Å². The molecule has 0 fully saturated rings. The topological polar surface area (TPSA) is 55.4 Å². The molecule has 134 valence electrons. The number of ketones is 1. The summed E-state index contributed by atoms with van der Waals surface area (Å²) in [6.45, 7) is 3.67. The van der Waals surface area contributed by atoms with E-state index in [2.05, 4.69) is 5.32 Å². The molecule has 0 amide bonds. The number of hydrogen-bond acceptors (Lipinski definition) is 5. The maximum absolute atomic E-state index is 14.4. The zero-order valence-electron chi connectivity index (χ0n) is 14.5. The van der Waals surface area contributed by atoms with Crippen molar-refractivity contribution in [3.8, 4) is 0 Å². The van der Waals surface area contributed by atoms with Crippen LogP contribution in [0.5, 0.6) is 0 Å². The minimum atomic E-state index is -0.468. The second-order valence-corrected chi connectivity index (χ2v) is 6.75. The van der Waals surface area contributed by atoms with Crippen LogP contribution in [0.2, 0.25) is 0 Å². The monoisotopic (exact) mass is 371 g/mol. The van der Waals surface area contributed by atoms with Crippen molar-refractivity contribution in [2.75, 3.05) is 11.9 Å². The van der Waals surface area contributed by atoms with Crippen LogP contribution in [0, 0.1) is 5.82 Å². The minimum Gasteiger partial charge on any atom is -0.462 e. The molecule has 0 aliphatic heterocycles. The van der Waals surface area contributed by atoms with Crippen molar-refractivity contribution in [1.82, 2.24) is 0 Å². The van der Waals surface area contributed by atoms with E-state index in [4.69, 9.17) is 4.74 Å². The summed E-state index contributed by atoms with van der Waals surface area (Å²) in [4.78, 5) is 24.5. The van der Waals surface area contributed by atoms with Crippen molar-refractivity contribution < 1.29 is 18.7 Å². The summed E-state index contributed by atoms with van der Waals surface area (Å²) in [5, 5.41) is 3.58. The lowest BCUT2D eigenvalue weighted by molar-refractivity contribution is 0.0531. The Kier molecular flexibility index (Phi) is 5.32. The van der Waals surface area contributed by atoms with Crippen molar-refractivity contribution in [2.24, 2.45) is 0 Å². The number of nitrogens with one attached hydrogen (secondary N) is 1. The Balaban J connectivity index is 2.02. The van der Waals surface area contributed by atoms with Gasteiger partial charge in [0, 0.05) is 33.4 Å². The lowest BCUT2D eigenvalue weighted by atomic mass is 10.1. The molecule has 0 saturated carbocycles. The van der Waals surface area contributed by atoms with E-state index in [-0.39, 0.29) is 24.8 Å². The van der Waals surface area contributed by atoms with Crippen LogP contribution in [-0.4, -0.2) is 18.4 Å². The molecule has 0 unspecified atom stereocenters. The lowest BCUT2D eigenvalue weighted by Gasteiger charge is -2.11. The number of thiophene rings is 1. The summed E-state index contributed by atoms with van der Waals surface area (Å²) < 4.78 is 20.2. The van der Waals surface area contributed by atoms with E-state index in [0.29, 0.717) is 31.8 Å². The third-order valence-corrected chi connectivity index (χ3v) is 5.16. The first-order chi connectivity index (χ1) is 12.5. The molecule has 0 spiro atoms. The van der Waals surface area contributed by atoms with E-state index in [1.807, 2.05) is 6.07 Å². The summed E-state index contributed by atoms with van der Waals surface area (Å²) >= 11 is 1.21. The number of ether oxygens (including phenoxy) is 1. The first-order valence-corrected chi connectivity index (χ1v) is 9.05. The SMILES string of the molecule is CCOC(=O)c1sc2cccc(F)c2c1CNc1ccccc1C(C)=O. The summed E-state index contributed by atoms with van der Waals surface area (Å²) in [5.41, 5.74) is 1.73. The Morgan fingerprint density at radius 2 is 1.92 bits per heavy atom. The molecule has 0 aliphatic carbocycles. The molecular weight excluding hydrogens is 353 g/mol. The van der Waals surface area contributed by atoms with Gasteiger partial charge >= 0.3 is 5.97 Å². The Labute approximate surface area is 154 Å². The first-order valence-electron chi connectivity index (χ1n) is 8.23. The molecule has 3 rings (SSSR count). The molecule has 26 heavy (non-hydrogen) atoms. The van der Waals surface area contributed by atoms with E-state index in [1.54, 1.807) is 37.3 Å². The van der Waals surface area contributed by atoms with E-state index < -0.39 is 5.97 Å². The number of hydrogen-bond donors (Lipinski definition) is 1. The summed E-state index contributed by atoms with van der Waals surface area (Å²) in [7, 11) is 0. The highest BCUT2D eigenvalue weighted by Gasteiger charge is 2.21. The van der Waals surface area contributed by atoms with Gasteiger partial charge in [0.1, 0.15) is 10.7 Å². The van der Waals surface area contributed by atoms with Crippen molar-refractivity contribution in [3.05, 3.63) is 64.3 Å². The van der Waals surface area contributed by atoms with Crippen LogP contribution < -0.4 is 5.32 Å². The Morgan fingerprint density at radius 1 is 1.15 bits per heavy atom. The van der Waals surface area contributed by atoms with Gasteiger partial charge in [-0.2, -0.15) is 0 Å². The molecule has 4 nitrogen and oxygen atoms in total. The highest BCUT2D eigenvalue weighted by molar-refractivity contribution is 7.21. The van der Waals surface area contributed by atoms with Gasteiger partial charge in [-0.1, -0.05) is 18.2 Å². The average molecular weight is 371 g/mol. The second-order valence-electron chi connectivity index (χ2n) is 5.70. The van der Waals surface area contributed by atoms with Crippen molar-refractivity contribution >= 4 is 38.9 Å². The number of para-hydroxylation sites is 1.